The Balaban J connectivity index is 3.89. The van der Waals surface area contributed by atoms with Crippen molar-refractivity contribution in [3.05, 3.63) is 0 Å². The van der Waals surface area contributed by atoms with E-state index in [1.165, 1.54) is 12.0 Å². The number of carbonyl (C=O) groups excluding carboxylic acids is 4. The van der Waals surface area contributed by atoms with Gasteiger partial charge in [0.15, 0.2) is 0 Å². The number of ether oxygens (including phenoxy) is 2. The molecule has 9 nitrogen and oxygen atoms in total. The van der Waals surface area contributed by atoms with Crippen LogP contribution in [0.2, 0.25) is 0 Å². The van der Waals surface area contributed by atoms with Gasteiger partial charge < -0.3 is 25.0 Å². The van der Waals surface area contributed by atoms with Gasteiger partial charge in [0.25, 0.3) is 0 Å². The molecular formula is C16H29N3O6. The third-order valence-corrected chi connectivity index (χ3v) is 2.99. The molecule has 9 heteroatoms. The molecule has 0 radical (unpaired) electrons. The van der Waals surface area contributed by atoms with Gasteiger partial charge in [-0.25, -0.2) is 4.79 Å². The molecule has 0 bridgehead atoms. The van der Waals surface area contributed by atoms with Crippen molar-refractivity contribution in [2.45, 2.75) is 45.6 Å². The second-order valence-corrected chi connectivity index (χ2v) is 6.42. The summed E-state index contributed by atoms with van der Waals surface area (Å²) in [5.74, 6) is -0.848. The normalized spacial score (nSPS) is 10.6. The van der Waals surface area contributed by atoms with E-state index in [9.17, 15) is 19.2 Å². The zero-order valence-electron chi connectivity index (χ0n) is 15.6. The van der Waals surface area contributed by atoms with E-state index in [1.807, 2.05) is 0 Å². The van der Waals surface area contributed by atoms with Gasteiger partial charge in [0, 0.05) is 39.5 Å². The van der Waals surface area contributed by atoms with Crippen molar-refractivity contribution in [3.8, 4) is 0 Å². The second-order valence-electron chi connectivity index (χ2n) is 6.42. The van der Waals surface area contributed by atoms with Crippen molar-refractivity contribution in [1.29, 1.82) is 0 Å². The number of alkyl carbamates (subject to hydrolysis) is 1. The van der Waals surface area contributed by atoms with Gasteiger partial charge in [0.2, 0.25) is 11.8 Å². The fourth-order valence-electron chi connectivity index (χ4n) is 1.66. The summed E-state index contributed by atoms with van der Waals surface area (Å²) >= 11 is 0. The van der Waals surface area contributed by atoms with Crippen molar-refractivity contribution in [2.24, 2.45) is 0 Å². The predicted octanol–water partition coefficient (Wildman–Crippen LogP) is 0.429. The Hall–Kier alpha value is -2.32. The van der Waals surface area contributed by atoms with Gasteiger partial charge in [-0.05, 0) is 20.8 Å². The van der Waals surface area contributed by atoms with E-state index < -0.39 is 17.7 Å². The van der Waals surface area contributed by atoms with Gasteiger partial charge >= 0.3 is 12.1 Å². The van der Waals surface area contributed by atoms with E-state index in [1.54, 1.807) is 27.8 Å². The first kappa shape index (κ1) is 22.7. The highest BCUT2D eigenvalue weighted by molar-refractivity contribution is 5.79. The van der Waals surface area contributed by atoms with E-state index in [2.05, 4.69) is 15.4 Å². The summed E-state index contributed by atoms with van der Waals surface area (Å²) in [6.45, 7) is 5.85. The maximum atomic E-state index is 11.9. The summed E-state index contributed by atoms with van der Waals surface area (Å²) < 4.78 is 9.52. The number of nitrogens with zero attached hydrogens (tertiary/aromatic N) is 1. The zero-order valence-corrected chi connectivity index (χ0v) is 15.6. The molecule has 0 aromatic rings. The molecule has 0 aliphatic heterocycles. The third kappa shape index (κ3) is 12.7. The molecule has 25 heavy (non-hydrogen) atoms. The molecule has 2 N–H and O–H groups in total. The number of esters is 1. The number of methoxy groups -OCH3 is 1. The highest BCUT2D eigenvalue weighted by Crippen LogP contribution is 2.06. The number of hydrogen-bond donors (Lipinski definition) is 2. The van der Waals surface area contributed by atoms with Crippen molar-refractivity contribution >= 4 is 23.9 Å². The summed E-state index contributed by atoms with van der Waals surface area (Å²) in [4.78, 5) is 47.3. The number of hydrogen-bond acceptors (Lipinski definition) is 6. The van der Waals surface area contributed by atoms with Crippen LogP contribution in [0.4, 0.5) is 4.79 Å². The molecule has 0 aromatic heterocycles. The molecule has 0 spiro atoms. The lowest BCUT2D eigenvalue weighted by atomic mass is 10.2. The average molecular weight is 359 g/mol. The average Bonchev–Trinajstić information content (AvgIpc) is 2.50. The largest absolute Gasteiger partial charge is 0.469 e. The second kappa shape index (κ2) is 11.3. The maximum Gasteiger partial charge on any atom is 0.407 e. The minimum atomic E-state index is -0.591. The highest BCUT2D eigenvalue weighted by Gasteiger charge is 2.16. The first-order valence-electron chi connectivity index (χ1n) is 8.09. The molecule has 0 unspecified atom stereocenters. The van der Waals surface area contributed by atoms with Crippen LogP contribution in [0.15, 0.2) is 0 Å². The van der Waals surface area contributed by atoms with Gasteiger partial charge in [-0.3, -0.25) is 14.4 Å². The SMILES string of the molecule is COC(=O)CCNC(=O)CCN(C)C(=O)CCNC(=O)OC(C)(C)C. The molecular weight excluding hydrogens is 330 g/mol. The van der Waals surface area contributed by atoms with Crippen molar-refractivity contribution < 1.29 is 28.7 Å². The fraction of sp³-hybridized carbons (Fsp3) is 0.750. The van der Waals surface area contributed by atoms with E-state index in [0.29, 0.717) is 0 Å². The summed E-state index contributed by atoms with van der Waals surface area (Å²) in [7, 11) is 2.86. The Kier molecular flexibility index (Phi) is 10.2. The highest BCUT2D eigenvalue weighted by atomic mass is 16.6. The van der Waals surface area contributed by atoms with Gasteiger partial charge in [0.1, 0.15) is 5.60 Å². The molecule has 0 rings (SSSR count). The molecule has 0 saturated carbocycles. The van der Waals surface area contributed by atoms with Crippen LogP contribution in [0.1, 0.15) is 40.0 Å². The van der Waals surface area contributed by atoms with E-state index in [4.69, 9.17) is 4.74 Å². The molecule has 0 aliphatic rings. The molecule has 0 atom stereocenters. The Labute approximate surface area is 148 Å². The van der Waals surface area contributed by atoms with Gasteiger partial charge in [0.05, 0.1) is 13.5 Å². The standard InChI is InChI=1S/C16H29N3O6/c1-16(2,3)25-15(23)18-9-6-13(21)19(4)11-8-12(20)17-10-7-14(22)24-5/h6-11H2,1-5H3,(H,17,20)(H,18,23). The number of amides is 3. The van der Waals surface area contributed by atoms with Crippen LogP contribution in [0, 0.1) is 0 Å². The molecule has 0 aromatic carbocycles. The Morgan fingerprint density at radius 2 is 1.56 bits per heavy atom. The molecule has 0 aliphatic carbocycles. The van der Waals surface area contributed by atoms with Crippen molar-refractivity contribution in [3.63, 3.8) is 0 Å². The summed E-state index contributed by atoms with van der Waals surface area (Å²) in [6, 6.07) is 0. The predicted molar refractivity (Wildman–Crippen MR) is 90.8 cm³/mol. The van der Waals surface area contributed by atoms with Gasteiger partial charge in [-0.15, -0.1) is 0 Å². The Bertz CT molecular complexity index is 473. The number of rotatable bonds is 9. The first-order valence-corrected chi connectivity index (χ1v) is 8.09. The molecule has 0 saturated heterocycles. The van der Waals surface area contributed by atoms with Crippen molar-refractivity contribution in [1.82, 2.24) is 15.5 Å². The lowest BCUT2D eigenvalue weighted by Crippen LogP contribution is -2.37. The van der Waals surface area contributed by atoms with Crippen molar-refractivity contribution in [2.75, 3.05) is 33.8 Å². The van der Waals surface area contributed by atoms with Crippen LogP contribution in [0.25, 0.3) is 0 Å². The quantitative estimate of drug-likeness (QED) is 0.577. The molecule has 144 valence electrons. The molecule has 0 heterocycles. The Morgan fingerprint density at radius 3 is 2.12 bits per heavy atom. The first-order chi connectivity index (χ1) is 11.5. The summed E-state index contributed by atoms with van der Waals surface area (Å²) in [5, 5.41) is 5.07. The maximum absolute atomic E-state index is 11.9. The summed E-state index contributed by atoms with van der Waals surface area (Å²) in [6.07, 6.45) is -0.233. The van der Waals surface area contributed by atoms with Crippen LogP contribution < -0.4 is 10.6 Å². The minimum Gasteiger partial charge on any atom is -0.469 e. The lowest BCUT2D eigenvalue weighted by Gasteiger charge is -2.20. The van der Waals surface area contributed by atoms with Crippen LogP contribution in [-0.2, 0) is 23.9 Å². The topological polar surface area (TPSA) is 114 Å². The minimum absolute atomic E-state index is 0.105. The van der Waals surface area contributed by atoms with Crippen LogP contribution in [0.5, 0.6) is 0 Å². The lowest BCUT2D eigenvalue weighted by molar-refractivity contribution is -0.140. The summed E-state index contributed by atoms with van der Waals surface area (Å²) in [5.41, 5.74) is -0.591. The van der Waals surface area contributed by atoms with E-state index >= 15 is 0 Å². The van der Waals surface area contributed by atoms with Gasteiger partial charge in [-0.2, -0.15) is 0 Å². The monoisotopic (exact) mass is 359 g/mol. The van der Waals surface area contributed by atoms with Crippen LogP contribution >= 0.6 is 0 Å². The fourth-order valence-corrected chi connectivity index (χ4v) is 1.66. The van der Waals surface area contributed by atoms with Gasteiger partial charge in [-0.1, -0.05) is 0 Å². The number of carbonyl (C=O) groups is 4. The van der Waals surface area contributed by atoms with E-state index in [-0.39, 0.29) is 50.7 Å². The van der Waals surface area contributed by atoms with Crippen LogP contribution in [0.3, 0.4) is 0 Å². The number of nitrogens with one attached hydrogen (secondary N) is 2. The van der Waals surface area contributed by atoms with Crippen LogP contribution in [-0.4, -0.2) is 68.2 Å². The molecule has 0 fully saturated rings. The third-order valence-electron chi connectivity index (χ3n) is 2.99. The molecule has 3 amide bonds. The smallest absolute Gasteiger partial charge is 0.407 e. The Morgan fingerprint density at radius 1 is 0.960 bits per heavy atom. The van der Waals surface area contributed by atoms with E-state index in [0.717, 1.165) is 0 Å². The zero-order chi connectivity index (χ0) is 19.5.